The Bertz CT molecular complexity index is 1010. The highest BCUT2D eigenvalue weighted by Gasteiger charge is 2.10. The summed E-state index contributed by atoms with van der Waals surface area (Å²) in [4.78, 5) is 36.3. The van der Waals surface area contributed by atoms with Gasteiger partial charge in [-0.25, -0.2) is 0 Å². The van der Waals surface area contributed by atoms with Crippen molar-refractivity contribution in [2.75, 3.05) is 5.32 Å². The van der Waals surface area contributed by atoms with E-state index < -0.39 is 5.97 Å². The SMILES string of the molecule is Cc1ccc(NC(=O)CCC(=O)OCc2ccc(C(=O)c3ccccc3)cc2)cc1. The Labute approximate surface area is 175 Å². The third kappa shape index (κ3) is 6.14. The normalized spacial score (nSPS) is 10.3. The summed E-state index contributed by atoms with van der Waals surface area (Å²) in [6.07, 6.45) is 0.0551. The number of nitrogens with one attached hydrogen (secondary N) is 1. The molecule has 0 radical (unpaired) electrons. The van der Waals surface area contributed by atoms with Gasteiger partial charge in [-0.1, -0.05) is 72.3 Å². The van der Waals surface area contributed by atoms with Crippen LogP contribution in [0.2, 0.25) is 0 Å². The average molecular weight is 401 g/mol. The molecule has 0 aliphatic carbocycles. The van der Waals surface area contributed by atoms with Gasteiger partial charge in [0.25, 0.3) is 0 Å². The first-order valence-corrected chi connectivity index (χ1v) is 9.72. The molecule has 0 heterocycles. The average Bonchev–Trinajstić information content (AvgIpc) is 2.78. The highest BCUT2D eigenvalue weighted by Crippen LogP contribution is 2.13. The molecule has 0 spiro atoms. The molecule has 0 fully saturated rings. The zero-order valence-corrected chi connectivity index (χ0v) is 16.8. The summed E-state index contributed by atoms with van der Waals surface area (Å²) in [5, 5.41) is 2.75. The van der Waals surface area contributed by atoms with E-state index >= 15 is 0 Å². The van der Waals surface area contributed by atoms with Gasteiger partial charge in [-0.3, -0.25) is 14.4 Å². The van der Waals surface area contributed by atoms with Gasteiger partial charge >= 0.3 is 5.97 Å². The predicted molar refractivity (Wildman–Crippen MR) is 115 cm³/mol. The maximum atomic E-state index is 12.4. The zero-order chi connectivity index (χ0) is 21.3. The number of aryl methyl sites for hydroxylation is 1. The molecular weight excluding hydrogens is 378 g/mol. The van der Waals surface area contributed by atoms with Crippen LogP contribution >= 0.6 is 0 Å². The van der Waals surface area contributed by atoms with Crippen molar-refractivity contribution < 1.29 is 19.1 Å². The standard InChI is InChI=1S/C25H23NO4/c1-18-7-13-22(14-8-18)26-23(27)15-16-24(28)30-17-19-9-11-21(12-10-19)25(29)20-5-3-2-4-6-20/h2-14H,15-17H2,1H3,(H,26,27). The molecule has 1 amide bonds. The number of anilines is 1. The molecule has 0 aliphatic rings. The first-order valence-electron chi connectivity index (χ1n) is 9.72. The van der Waals surface area contributed by atoms with E-state index in [0.717, 1.165) is 11.1 Å². The van der Waals surface area contributed by atoms with E-state index in [0.29, 0.717) is 16.8 Å². The van der Waals surface area contributed by atoms with Crippen LogP contribution in [0.25, 0.3) is 0 Å². The molecule has 0 saturated heterocycles. The van der Waals surface area contributed by atoms with Gasteiger partial charge in [0, 0.05) is 23.2 Å². The van der Waals surface area contributed by atoms with Gasteiger partial charge in [-0.2, -0.15) is 0 Å². The summed E-state index contributed by atoms with van der Waals surface area (Å²) < 4.78 is 5.23. The molecule has 5 heteroatoms. The predicted octanol–water partition coefficient (Wildman–Crippen LogP) is 4.69. The second-order valence-electron chi connectivity index (χ2n) is 6.97. The molecule has 1 N–H and O–H groups in total. The lowest BCUT2D eigenvalue weighted by Gasteiger charge is -2.07. The van der Waals surface area contributed by atoms with Gasteiger partial charge in [0.1, 0.15) is 6.61 Å². The molecule has 3 aromatic rings. The lowest BCUT2D eigenvalue weighted by Crippen LogP contribution is -2.14. The Morgan fingerprint density at radius 1 is 0.767 bits per heavy atom. The van der Waals surface area contributed by atoms with Crippen LogP contribution in [0.4, 0.5) is 5.69 Å². The number of carbonyl (C=O) groups excluding carboxylic acids is 3. The number of ether oxygens (including phenoxy) is 1. The van der Waals surface area contributed by atoms with Crippen LogP contribution in [0, 0.1) is 6.92 Å². The Balaban J connectivity index is 1.42. The van der Waals surface area contributed by atoms with Gasteiger partial charge in [0.2, 0.25) is 5.91 Å². The van der Waals surface area contributed by atoms with Crippen molar-refractivity contribution in [1.82, 2.24) is 0 Å². The Hall–Kier alpha value is -3.73. The number of ketones is 1. The number of amides is 1. The highest BCUT2D eigenvalue weighted by atomic mass is 16.5. The molecule has 0 aliphatic heterocycles. The van der Waals surface area contributed by atoms with Crippen molar-refractivity contribution in [3.8, 4) is 0 Å². The largest absolute Gasteiger partial charge is 0.461 e. The lowest BCUT2D eigenvalue weighted by atomic mass is 10.0. The van der Waals surface area contributed by atoms with Crippen LogP contribution in [-0.4, -0.2) is 17.7 Å². The number of carbonyl (C=O) groups is 3. The molecule has 0 atom stereocenters. The minimum atomic E-state index is -0.446. The second kappa shape index (κ2) is 10.2. The molecule has 0 aromatic heterocycles. The quantitative estimate of drug-likeness (QED) is 0.439. The van der Waals surface area contributed by atoms with Crippen molar-refractivity contribution >= 4 is 23.3 Å². The summed E-state index contributed by atoms with van der Waals surface area (Å²) in [7, 11) is 0. The topological polar surface area (TPSA) is 72.5 Å². The van der Waals surface area contributed by atoms with Crippen molar-refractivity contribution in [1.29, 1.82) is 0 Å². The van der Waals surface area contributed by atoms with E-state index in [1.54, 1.807) is 36.4 Å². The molecular formula is C25H23NO4. The second-order valence-corrected chi connectivity index (χ2v) is 6.97. The minimum absolute atomic E-state index is 0.00225. The van der Waals surface area contributed by atoms with Crippen molar-refractivity contribution in [3.63, 3.8) is 0 Å². The minimum Gasteiger partial charge on any atom is -0.461 e. The monoisotopic (exact) mass is 401 g/mol. The van der Waals surface area contributed by atoms with E-state index in [4.69, 9.17) is 4.74 Å². The van der Waals surface area contributed by atoms with Crippen LogP contribution in [0.1, 0.15) is 39.9 Å². The fourth-order valence-electron chi connectivity index (χ4n) is 2.82. The van der Waals surface area contributed by atoms with E-state index in [1.165, 1.54) is 0 Å². The third-order valence-electron chi connectivity index (χ3n) is 4.54. The number of rotatable bonds is 8. The molecule has 0 unspecified atom stereocenters. The summed E-state index contributed by atoms with van der Waals surface area (Å²) in [5.41, 5.74) is 3.78. The first-order chi connectivity index (χ1) is 14.5. The third-order valence-corrected chi connectivity index (χ3v) is 4.54. The summed E-state index contributed by atoms with van der Waals surface area (Å²) in [6.45, 7) is 2.06. The molecule has 0 saturated carbocycles. The van der Waals surface area contributed by atoms with Crippen LogP contribution in [-0.2, 0) is 20.9 Å². The summed E-state index contributed by atoms with van der Waals surface area (Å²) in [6, 6.07) is 23.4. The maximum Gasteiger partial charge on any atom is 0.306 e. The summed E-state index contributed by atoms with van der Waals surface area (Å²) >= 11 is 0. The smallest absolute Gasteiger partial charge is 0.306 e. The Morgan fingerprint density at radius 2 is 1.40 bits per heavy atom. The van der Waals surface area contributed by atoms with Crippen molar-refractivity contribution in [2.24, 2.45) is 0 Å². The van der Waals surface area contributed by atoms with Crippen molar-refractivity contribution in [2.45, 2.75) is 26.4 Å². The highest BCUT2D eigenvalue weighted by molar-refractivity contribution is 6.08. The number of benzene rings is 3. The van der Waals surface area contributed by atoms with E-state index in [1.807, 2.05) is 49.4 Å². The molecule has 3 aromatic carbocycles. The molecule has 3 rings (SSSR count). The Morgan fingerprint density at radius 3 is 2.07 bits per heavy atom. The number of hydrogen-bond donors (Lipinski definition) is 1. The first kappa shape index (κ1) is 21.0. The van der Waals surface area contributed by atoms with E-state index in [9.17, 15) is 14.4 Å². The van der Waals surface area contributed by atoms with E-state index in [2.05, 4.69) is 5.32 Å². The fraction of sp³-hybridized carbons (Fsp3) is 0.160. The van der Waals surface area contributed by atoms with Crippen LogP contribution in [0.5, 0.6) is 0 Å². The van der Waals surface area contributed by atoms with Gasteiger partial charge < -0.3 is 10.1 Å². The lowest BCUT2D eigenvalue weighted by molar-refractivity contribution is -0.145. The Kier molecular flexibility index (Phi) is 7.11. The number of esters is 1. The molecule has 0 bridgehead atoms. The van der Waals surface area contributed by atoms with Gasteiger partial charge in [0.05, 0.1) is 6.42 Å². The molecule has 30 heavy (non-hydrogen) atoms. The van der Waals surface area contributed by atoms with Crippen LogP contribution in [0.15, 0.2) is 78.9 Å². The maximum absolute atomic E-state index is 12.4. The summed E-state index contributed by atoms with van der Waals surface area (Å²) in [5.74, 6) is -0.739. The van der Waals surface area contributed by atoms with Gasteiger partial charge in [-0.15, -0.1) is 0 Å². The number of hydrogen-bond acceptors (Lipinski definition) is 4. The van der Waals surface area contributed by atoms with Gasteiger partial charge in [0.15, 0.2) is 5.78 Å². The van der Waals surface area contributed by atoms with Crippen LogP contribution in [0.3, 0.4) is 0 Å². The van der Waals surface area contributed by atoms with E-state index in [-0.39, 0.29) is 31.1 Å². The zero-order valence-electron chi connectivity index (χ0n) is 16.8. The van der Waals surface area contributed by atoms with Gasteiger partial charge in [-0.05, 0) is 24.6 Å². The fourth-order valence-corrected chi connectivity index (χ4v) is 2.82. The molecule has 152 valence electrons. The van der Waals surface area contributed by atoms with Crippen molar-refractivity contribution in [3.05, 3.63) is 101 Å². The van der Waals surface area contributed by atoms with Crippen LogP contribution < -0.4 is 5.32 Å². The molecule has 5 nitrogen and oxygen atoms in total.